The maximum absolute atomic E-state index is 6.07. The van der Waals surface area contributed by atoms with Crippen molar-refractivity contribution in [2.45, 2.75) is 77.8 Å². The summed E-state index contributed by atoms with van der Waals surface area (Å²) in [6.45, 7) is 16.1. The predicted octanol–water partition coefficient (Wildman–Crippen LogP) is 2.63. The molecule has 102 valence electrons. The minimum atomic E-state index is -3.22. The molecule has 2 aliphatic heterocycles. The van der Waals surface area contributed by atoms with Crippen molar-refractivity contribution in [1.82, 2.24) is 0 Å². The molecule has 0 aliphatic carbocycles. The summed E-state index contributed by atoms with van der Waals surface area (Å²) in [5.41, 5.74) is -1.60. The molecular weight excluding hydrogens is 287 g/mol. The fraction of sp³-hybridized carbons (Fsp3) is 1.00. The van der Waals surface area contributed by atoms with Gasteiger partial charge in [0, 0.05) is 0 Å². The van der Waals surface area contributed by atoms with Crippen LogP contribution in [0.3, 0.4) is 0 Å². The number of hydrogen-bond acceptors (Lipinski definition) is 4. The van der Waals surface area contributed by atoms with Gasteiger partial charge in [0.05, 0.1) is 0 Å². The van der Waals surface area contributed by atoms with E-state index in [9.17, 15) is 0 Å². The summed E-state index contributed by atoms with van der Waals surface area (Å²) >= 11 is -3.22. The second-order valence-corrected chi connectivity index (χ2v) is 9.89. The van der Waals surface area contributed by atoms with Crippen molar-refractivity contribution in [1.29, 1.82) is 0 Å². The average molecular weight is 311 g/mol. The van der Waals surface area contributed by atoms with E-state index in [0.717, 1.165) is 0 Å². The van der Waals surface area contributed by atoms with E-state index >= 15 is 0 Å². The van der Waals surface area contributed by atoms with Gasteiger partial charge in [0.2, 0.25) is 0 Å². The summed E-state index contributed by atoms with van der Waals surface area (Å²) in [5.74, 6) is 0. The Kier molecular flexibility index (Phi) is 2.65. The van der Waals surface area contributed by atoms with Crippen LogP contribution >= 0.6 is 0 Å². The molecule has 2 saturated heterocycles. The molecular formula is C12H24O4Se. The minimum absolute atomic E-state index is 0.399. The molecule has 0 unspecified atom stereocenters. The molecule has 0 aromatic carbocycles. The van der Waals surface area contributed by atoms with Gasteiger partial charge in [-0.25, -0.2) is 0 Å². The van der Waals surface area contributed by atoms with E-state index in [1.807, 2.05) is 55.4 Å². The van der Waals surface area contributed by atoms with Crippen molar-refractivity contribution in [3.05, 3.63) is 0 Å². The van der Waals surface area contributed by atoms with Crippen molar-refractivity contribution in [2.24, 2.45) is 0 Å². The topological polar surface area (TPSA) is 36.9 Å². The fourth-order valence-corrected chi connectivity index (χ4v) is 7.92. The van der Waals surface area contributed by atoms with Crippen molar-refractivity contribution < 1.29 is 15.3 Å². The third-order valence-electron chi connectivity index (χ3n) is 4.14. The van der Waals surface area contributed by atoms with E-state index < -0.39 is 36.6 Å². The van der Waals surface area contributed by atoms with Gasteiger partial charge in [0.1, 0.15) is 0 Å². The van der Waals surface area contributed by atoms with Gasteiger partial charge < -0.3 is 0 Å². The van der Waals surface area contributed by atoms with Crippen LogP contribution in [0.2, 0.25) is 0 Å². The molecule has 0 aromatic rings. The Morgan fingerprint density at radius 1 is 0.471 bits per heavy atom. The van der Waals surface area contributed by atoms with Gasteiger partial charge in [0.15, 0.2) is 0 Å². The predicted molar refractivity (Wildman–Crippen MR) is 66.4 cm³/mol. The molecule has 5 heteroatoms. The summed E-state index contributed by atoms with van der Waals surface area (Å²) in [6.07, 6.45) is 0. The summed E-state index contributed by atoms with van der Waals surface area (Å²) < 4.78 is 24.3. The summed E-state index contributed by atoms with van der Waals surface area (Å²) in [4.78, 5) is 0. The monoisotopic (exact) mass is 312 g/mol. The molecule has 0 aromatic heterocycles. The van der Waals surface area contributed by atoms with E-state index in [2.05, 4.69) is 0 Å². The van der Waals surface area contributed by atoms with Crippen LogP contribution < -0.4 is 0 Å². The van der Waals surface area contributed by atoms with Gasteiger partial charge in [-0.2, -0.15) is 0 Å². The molecule has 2 aliphatic rings. The van der Waals surface area contributed by atoms with Gasteiger partial charge in [-0.15, -0.1) is 0 Å². The Hall–Kier alpha value is 0.359. The van der Waals surface area contributed by atoms with Crippen molar-refractivity contribution in [3.63, 3.8) is 0 Å². The summed E-state index contributed by atoms with van der Waals surface area (Å²) in [7, 11) is 0. The molecule has 2 fully saturated rings. The molecule has 0 saturated carbocycles. The van der Waals surface area contributed by atoms with Crippen LogP contribution in [0.25, 0.3) is 0 Å². The average Bonchev–Trinajstić information content (AvgIpc) is 2.21. The van der Waals surface area contributed by atoms with Crippen LogP contribution in [0.5, 0.6) is 0 Å². The van der Waals surface area contributed by atoms with E-state index in [1.165, 1.54) is 0 Å². The van der Waals surface area contributed by atoms with Gasteiger partial charge in [-0.3, -0.25) is 0 Å². The maximum atomic E-state index is 6.07. The van der Waals surface area contributed by atoms with Crippen LogP contribution in [-0.4, -0.2) is 36.6 Å². The molecule has 1 spiro atoms. The zero-order chi connectivity index (χ0) is 13.3. The van der Waals surface area contributed by atoms with E-state index in [-0.39, 0.29) is 0 Å². The molecule has 2 heterocycles. The Labute approximate surface area is 107 Å². The van der Waals surface area contributed by atoms with Gasteiger partial charge in [0.25, 0.3) is 0 Å². The zero-order valence-electron chi connectivity index (χ0n) is 12.0. The standard InChI is InChI=1S/C12H24O4Se/c1-9(2)10(3,4)14-17(13-9)15-11(5,6)12(7,8)16-17/h1-8H3. The first kappa shape index (κ1) is 13.8. The SMILES string of the molecule is CC1(C)O[Se]2(OC1(C)C)OC(C)(C)C(C)(C)O2. The third kappa shape index (κ3) is 1.88. The van der Waals surface area contributed by atoms with Gasteiger partial charge in [-0.05, 0) is 0 Å². The Morgan fingerprint density at radius 3 is 0.824 bits per heavy atom. The second-order valence-electron chi connectivity index (χ2n) is 6.78. The van der Waals surface area contributed by atoms with E-state index in [0.29, 0.717) is 0 Å². The van der Waals surface area contributed by atoms with Gasteiger partial charge in [-0.1, -0.05) is 0 Å². The zero-order valence-corrected chi connectivity index (χ0v) is 13.8. The van der Waals surface area contributed by atoms with Crippen molar-refractivity contribution in [2.75, 3.05) is 0 Å². The van der Waals surface area contributed by atoms with Crippen molar-refractivity contribution in [3.8, 4) is 0 Å². The normalized spacial score (nSPS) is 37.2. The number of rotatable bonds is 0. The molecule has 0 N–H and O–H groups in total. The van der Waals surface area contributed by atoms with E-state index in [1.54, 1.807) is 0 Å². The quantitative estimate of drug-likeness (QED) is 0.645. The van der Waals surface area contributed by atoms with Crippen LogP contribution in [0.4, 0.5) is 0 Å². The second kappa shape index (κ2) is 3.27. The Morgan fingerprint density at radius 2 is 0.647 bits per heavy atom. The van der Waals surface area contributed by atoms with Crippen LogP contribution in [0, 0.1) is 0 Å². The van der Waals surface area contributed by atoms with Gasteiger partial charge >= 0.3 is 107 Å². The van der Waals surface area contributed by atoms with E-state index in [4.69, 9.17) is 15.3 Å². The first-order valence-corrected chi connectivity index (χ1v) is 8.78. The summed E-state index contributed by atoms with van der Waals surface area (Å²) in [6, 6.07) is 0. The first-order chi connectivity index (χ1) is 7.33. The van der Waals surface area contributed by atoms with Crippen LogP contribution in [-0.2, 0) is 15.3 Å². The Balaban J connectivity index is 2.33. The Bertz CT molecular complexity index is 277. The molecule has 0 bridgehead atoms. The first-order valence-electron chi connectivity index (χ1n) is 5.98. The molecule has 0 radical (unpaired) electrons. The van der Waals surface area contributed by atoms with Crippen LogP contribution in [0.1, 0.15) is 55.4 Å². The summed E-state index contributed by atoms with van der Waals surface area (Å²) in [5, 5.41) is 0. The van der Waals surface area contributed by atoms with Crippen molar-refractivity contribution >= 4 is 14.2 Å². The molecule has 2 rings (SSSR count). The third-order valence-corrected chi connectivity index (χ3v) is 9.35. The van der Waals surface area contributed by atoms with Crippen LogP contribution in [0.15, 0.2) is 0 Å². The molecule has 0 amide bonds. The molecule has 0 atom stereocenters. The fourth-order valence-electron chi connectivity index (χ4n) is 1.52. The molecule has 4 nitrogen and oxygen atoms in total. The number of hydrogen-bond donors (Lipinski definition) is 0. The molecule has 17 heavy (non-hydrogen) atoms.